The Bertz CT molecular complexity index is 959. The van der Waals surface area contributed by atoms with Gasteiger partial charge in [-0.15, -0.1) is 11.8 Å². The van der Waals surface area contributed by atoms with Crippen molar-refractivity contribution in [2.45, 2.75) is 44.4 Å². The summed E-state index contributed by atoms with van der Waals surface area (Å²) in [5.41, 5.74) is 5.13. The number of nitrogens with one attached hydrogen (secondary N) is 1. The van der Waals surface area contributed by atoms with Gasteiger partial charge in [-0.05, 0) is 71.7 Å². The largest absolute Gasteiger partial charge is 0.353 e. The third kappa shape index (κ3) is 4.55. The van der Waals surface area contributed by atoms with E-state index in [9.17, 15) is 0 Å². The first-order valence-electron chi connectivity index (χ1n) is 8.98. The molecule has 4 rings (SSSR count). The summed E-state index contributed by atoms with van der Waals surface area (Å²) in [6.45, 7) is 6.00. The highest BCUT2D eigenvalue weighted by molar-refractivity contribution is 14.2. The molecule has 0 bridgehead atoms. The zero-order chi connectivity index (χ0) is 19.6. The summed E-state index contributed by atoms with van der Waals surface area (Å²) in [5.74, 6) is 1.71. The van der Waals surface area contributed by atoms with Crippen LogP contribution in [0.15, 0.2) is 29.2 Å². The highest BCUT2D eigenvalue weighted by Gasteiger charge is 2.24. The number of rotatable bonds is 5. The Morgan fingerprint density at radius 1 is 1.22 bits per heavy atom. The highest BCUT2D eigenvalue weighted by Crippen LogP contribution is 2.43. The molecular weight excluding hydrogens is 510 g/mol. The lowest BCUT2D eigenvalue weighted by atomic mass is 10.1. The monoisotopic (exact) mass is 532 g/mol. The van der Waals surface area contributed by atoms with Gasteiger partial charge < -0.3 is 5.32 Å². The van der Waals surface area contributed by atoms with Crippen LogP contribution in [0.5, 0.6) is 0 Å². The van der Waals surface area contributed by atoms with Crippen LogP contribution in [-0.2, 0) is 0 Å². The van der Waals surface area contributed by atoms with Gasteiger partial charge in [0.05, 0.1) is 17.7 Å². The molecule has 1 aliphatic rings. The van der Waals surface area contributed by atoms with E-state index in [1.54, 1.807) is 11.8 Å². The second-order valence-electron chi connectivity index (χ2n) is 6.10. The van der Waals surface area contributed by atoms with E-state index in [1.165, 1.54) is 23.3 Å². The van der Waals surface area contributed by atoms with E-state index in [2.05, 4.69) is 61.1 Å². The number of anilines is 2. The van der Waals surface area contributed by atoms with Crippen LogP contribution < -0.4 is 5.32 Å². The van der Waals surface area contributed by atoms with Gasteiger partial charge in [0.1, 0.15) is 16.5 Å². The van der Waals surface area contributed by atoms with Crippen LogP contribution in [-0.4, -0.2) is 20.6 Å². The maximum atomic E-state index is 6.28. The SMILES string of the molecule is CC.CSc1cc(C2CC2)ccc1Nc1cc(Cl)nc2c1nc(C)n2PI. The fourth-order valence-corrected chi connectivity index (χ4v) is 5.87. The number of nitrogens with zero attached hydrogens (tertiary/aromatic N) is 3. The molecule has 1 unspecified atom stereocenters. The first kappa shape index (κ1) is 21.2. The number of aryl methyl sites for hydroxylation is 1. The predicted molar refractivity (Wildman–Crippen MR) is 130 cm³/mol. The lowest BCUT2D eigenvalue weighted by Gasteiger charge is -2.13. The number of imidazole rings is 1. The van der Waals surface area contributed by atoms with E-state index < -0.39 is 0 Å². The topological polar surface area (TPSA) is 42.7 Å². The molecule has 4 nitrogen and oxygen atoms in total. The Labute approximate surface area is 184 Å². The Morgan fingerprint density at radius 2 is 1.96 bits per heavy atom. The van der Waals surface area contributed by atoms with Crippen molar-refractivity contribution in [2.75, 3.05) is 11.6 Å². The van der Waals surface area contributed by atoms with Gasteiger partial charge in [-0.3, -0.25) is 4.34 Å². The summed E-state index contributed by atoms with van der Waals surface area (Å²) in [4.78, 5) is 10.4. The normalized spacial score (nSPS) is 13.9. The average Bonchev–Trinajstić information content (AvgIpc) is 3.47. The van der Waals surface area contributed by atoms with Crippen molar-refractivity contribution in [3.8, 4) is 0 Å². The number of benzene rings is 1. The van der Waals surface area contributed by atoms with Gasteiger partial charge in [-0.1, -0.05) is 31.5 Å². The summed E-state index contributed by atoms with van der Waals surface area (Å²) >= 11 is 10.4. The molecule has 0 radical (unpaired) electrons. The van der Waals surface area contributed by atoms with Crippen molar-refractivity contribution in [1.29, 1.82) is 0 Å². The molecule has 1 N–H and O–H groups in total. The molecule has 1 aromatic carbocycles. The maximum Gasteiger partial charge on any atom is 0.167 e. The second-order valence-corrected chi connectivity index (χ2v) is 9.40. The Kier molecular flexibility index (Phi) is 7.28. The number of hydrogen-bond donors (Lipinski definition) is 1. The number of thioether (sulfide) groups is 1. The molecule has 0 aliphatic heterocycles. The molecule has 3 aromatic rings. The zero-order valence-corrected chi connectivity index (χ0v) is 20.5. The minimum absolute atomic E-state index is 0.478. The summed E-state index contributed by atoms with van der Waals surface area (Å²) in [5, 5.41) is 4.02. The van der Waals surface area contributed by atoms with Gasteiger partial charge in [-0.2, -0.15) is 0 Å². The molecule has 0 saturated heterocycles. The molecular formula is C19H23ClIN4PS. The number of aromatic nitrogens is 3. The van der Waals surface area contributed by atoms with Crippen LogP contribution in [0.4, 0.5) is 11.4 Å². The fraction of sp³-hybridized carbons (Fsp3) is 0.368. The van der Waals surface area contributed by atoms with Crippen LogP contribution in [0, 0.1) is 6.92 Å². The summed E-state index contributed by atoms with van der Waals surface area (Å²) in [6, 6.07) is 8.57. The van der Waals surface area contributed by atoms with E-state index in [1.807, 2.05) is 26.8 Å². The molecule has 2 heterocycles. The van der Waals surface area contributed by atoms with Gasteiger partial charge in [0.2, 0.25) is 0 Å². The first-order valence-corrected chi connectivity index (χ1v) is 14.6. The van der Waals surface area contributed by atoms with E-state index in [-0.39, 0.29) is 0 Å². The minimum Gasteiger partial charge on any atom is -0.353 e. The predicted octanol–water partition coefficient (Wildman–Crippen LogP) is 7.55. The lowest BCUT2D eigenvalue weighted by molar-refractivity contribution is 1.10. The van der Waals surface area contributed by atoms with E-state index in [4.69, 9.17) is 16.6 Å². The Hall–Kier alpha value is -0.560. The van der Waals surface area contributed by atoms with Crippen molar-refractivity contribution >= 4 is 74.3 Å². The minimum atomic E-state index is 0.478. The summed E-state index contributed by atoms with van der Waals surface area (Å²) in [6.07, 6.45) is 5.28. The standard InChI is InChI=1S/C17H17ClIN4PS.C2H6/c1-9-20-16-13(8-15(18)22-17(16)23(9)24-19)21-12-6-5-11(10-3-4-10)7-14(12)25-2;1-2/h5-8,10,24H,3-4H2,1-2H3,(H,21,22);1-2H3. The van der Waals surface area contributed by atoms with Gasteiger partial charge in [0, 0.05) is 11.0 Å². The van der Waals surface area contributed by atoms with E-state index >= 15 is 0 Å². The number of fused-ring (bicyclic) bond motifs is 1. The maximum absolute atomic E-state index is 6.28. The van der Waals surface area contributed by atoms with Gasteiger partial charge >= 0.3 is 0 Å². The van der Waals surface area contributed by atoms with Crippen LogP contribution in [0.1, 0.15) is 44.0 Å². The molecule has 27 heavy (non-hydrogen) atoms. The zero-order valence-electron chi connectivity index (χ0n) is 15.8. The molecule has 1 aliphatic carbocycles. The average molecular weight is 533 g/mol. The first-order chi connectivity index (χ1) is 13.1. The molecule has 1 atom stereocenters. The number of halogens is 2. The van der Waals surface area contributed by atoms with Gasteiger partial charge in [0.25, 0.3) is 0 Å². The summed E-state index contributed by atoms with van der Waals surface area (Å²) < 4.78 is 2.10. The van der Waals surface area contributed by atoms with Crippen molar-refractivity contribution in [3.05, 3.63) is 40.8 Å². The van der Waals surface area contributed by atoms with Crippen LogP contribution in [0.3, 0.4) is 0 Å². The number of pyridine rings is 1. The third-order valence-electron chi connectivity index (χ3n) is 4.38. The molecule has 144 valence electrons. The quantitative estimate of drug-likeness (QED) is 0.159. The van der Waals surface area contributed by atoms with Crippen LogP contribution >= 0.6 is 51.8 Å². The number of hydrogen-bond acceptors (Lipinski definition) is 4. The fourth-order valence-electron chi connectivity index (χ4n) is 2.95. The van der Waals surface area contributed by atoms with Crippen molar-refractivity contribution < 1.29 is 0 Å². The van der Waals surface area contributed by atoms with Crippen molar-refractivity contribution in [2.24, 2.45) is 0 Å². The highest BCUT2D eigenvalue weighted by atomic mass is 127. The third-order valence-corrected chi connectivity index (χ3v) is 7.50. The molecule has 1 fully saturated rings. The van der Waals surface area contributed by atoms with Gasteiger partial charge in [-0.25, -0.2) is 9.97 Å². The molecule has 2 aromatic heterocycles. The second kappa shape index (κ2) is 9.29. The van der Waals surface area contributed by atoms with Gasteiger partial charge in [0.15, 0.2) is 5.65 Å². The Balaban J connectivity index is 0.00000102. The summed E-state index contributed by atoms with van der Waals surface area (Å²) in [7, 11) is 0. The van der Waals surface area contributed by atoms with Crippen LogP contribution in [0.2, 0.25) is 5.15 Å². The van der Waals surface area contributed by atoms with E-state index in [0.29, 0.717) is 11.5 Å². The van der Waals surface area contributed by atoms with Crippen LogP contribution in [0.25, 0.3) is 11.2 Å². The van der Waals surface area contributed by atoms with Crippen molar-refractivity contribution in [1.82, 2.24) is 14.3 Å². The molecule has 0 spiro atoms. The van der Waals surface area contributed by atoms with E-state index in [0.717, 1.165) is 34.3 Å². The molecule has 1 saturated carbocycles. The lowest BCUT2D eigenvalue weighted by Crippen LogP contribution is -1.96. The Morgan fingerprint density at radius 3 is 2.59 bits per heavy atom. The molecule has 0 amide bonds. The van der Waals surface area contributed by atoms with Crippen molar-refractivity contribution in [3.63, 3.8) is 0 Å². The molecule has 8 heteroatoms. The smallest absolute Gasteiger partial charge is 0.167 e.